The molecular weight excluding hydrogens is 344 g/mol. The molecule has 5 unspecified atom stereocenters. The van der Waals surface area contributed by atoms with Crippen molar-refractivity contribution in [3.63, 3.8) is 0 Å². The zero-order valence-electron chi connectivity index (χ0n) is 18.3. The molecule has 156 valence electrons. The zero-order chi connectivity index (χ0) is 20.3. The van der Waals surface area contributed by atoms with E-state index in [1.54, 1.807) is 5.57 Å². The molecule has 0 aromatic carbocycles. The number of hydrogen-bond acceptors (Lipinski definition) is 2. The van der Waals surface area contributed by atoms with Gasteiger partial charge >= 0.3 is 0 Å². The average molecular weight is 385 g/mol. The first-order chi connectivity index (χ1) is 13.3. The average Bonchev–Trinajstić information content (AvgIpc) is 3.04. The largest absolute Gasteiger partial charge is 0.498 e. The van der Waals surface area contributed by atoms with Crippen molar-refractivity contribution >= 4 is 0 Å². The molecule has 3 saturated carbocycles. The second-order valence-electron chi connectivity index (χ2n) is 9.71. The van der Waals surface area contributed by atoms with Crippen LogP contribution in [0.1, 0.15) is 78.6 Å². The lowest BCUT2D eigenvalue weighted by Crippen LogP contribution is -2.37. The number of aliphatic hydroxyl groups excluding tert-OH is 1. The van der Waals surface area contributed by atoms with Crippen LogP contribution in [0.5, 0.6) is 0 Å². The van der Waals surface area contributed by atoms with E-state index >= 15 is 0 Å². The van der Waals surface area contributed by atoms with E-state index in [0.29, 0.717) is 17.3 Å². The molecule has 2 heteroatoms. The van der Waals surface area contributed by atoms with Crippen molar-refractivity contribution in [3.05, 3.63) is 47.8 Å². The van der Waals surface area contributed by atoms with E-state index in [1.165, 1.54) is 43.3 Å². The molecule has 0 spiro atoms. The quantitative estimate of drug-likeness (QED) is 0.514. The van der Waals surface area contributed by atoms with Crippen LogP contribution in [0, 0.1) is 23.2 Å². The first-order valence-electron chi connectivity index (χ1n) is 11.4. The Hall–Kier alpha value is -1.28. The molecule has 0 amide bonds. The molecule has 28 heavy (non-hydrogen) atoms. The second-order valence-corrected chi connectivity index (χ2v) is 9.71. The maximum absolute atomic E-state index is 10.0. The van der Waals surface area contributed by atoms with Crippen LogP contribution in [0.15, 0.2) is 47.8 Å². The summed E-state index contributed by atoms with van der Waals surface area (Å²) in [5, 5.41) is 10.0. The fourth-order valence-corrected chi connectivity index (χ4v) is 6.08. The highest BCUT2D eigenvalue weighted by atomic mass is 16.5. The molecule has 0 aromatic rings. The summed E-state index contributed by atoms with van der Waals surface area (Å²) in [6.45, 7) is 16.0. The van der Waals surface area contributed by atoms with Crippen molar-refractivity contribution < 1.29 is 9.84 Å². The summed E-state index contributed by atoms with van der Waals surface area (Å²) < 4.78 is 5.91. The number of fused-ring (bicyclic) bond motifs is 1. The molecule has 1 N–H and O–H groups in total. The third kappa shape index (κ3) is 4.48. The fraction of sp³-hybridized carbons (Fsp3) is 0.692. The number of ether oxygens (including phenoxy) is 1. The molecule has 0 aromatic heterocycles. The highest BCUT2D eigenvalue weighted by Gasteiger charge is 2.50. The molecule has 3 fully saturated rings. The molecule has 3 aliphatic rings. The lowest BCUT2D eigenvalue weighted by Gasteiger charge is -2.44. The van der Waals surface area contributed by atoms with Gasteiger partial charge in [0.15, 0.2) is 0 Å². The number of allylic oxidation sites excluding steroid dienone is 5. The normalized spacial score (nSPS) is 37.1. The minimum Gasteiger partial charge on any atom is -0.498 e. The highest BCUT2D eigenvalue weighted by Crippen LogP contribution is 2.59. The van der Waals surface area contributed by atoms with Gasteiger partial charge in [-0.15, -0.1) is 0 Å². The van der Waals surface area contributed by atoms with Crippen LogP contribution in [-0.4, -0.2) is 17.8 Å². The third-order valence-electron chi connectivity index (χ3n) is 7.86. The van der Waals surface area contributed by atoms with Gasteiger partial charge in [-0.25, -0.2) is 0 Å². The lowest BCUT2D eigenvalue weighted by molar-refractivity contribution is 0.0559. The SMILES string of the molecule is C=C(CC)OCC(C)C1CCC2C(=CC=C3CC(O)CCC3=C)CCCC21C. The lowest BCUT2D eigenvalue weighted by atomic mass is 9.61. The van der Waals surface area contributed by atoms with Crippen molar-refractivity contribution in [3.8, 4) is 0 Å². The van der Waals surface area contributed by atoms with E-state index in [2.05, 4.69) is 46.1 Å². The van der Waals surface area contributed by atoms with Gasteiger partial charge < -0.3 is 9.84 Å². The first-order valence-corrected chi connectivity index (χ1v) is 11.4. The van der Waals surface area contributed by atoms with Gasteiger partial charge in [-0.2, -0.15) is 0 Å². The van der Waals surface area contributed by atoms with Crippen LogP contribution in [0.4, 0.5) is 0 Å². The van der Waals surface area contributed by atoms with Crippen LogP contribution in [0.3, 0.4) is 0 Å². The fourth-order valence-electron chi connectivity index (χ4n) is 6.08. The smallest absolute Gasteiger partial charge is 0.0905 e. The molecule has 3 aliphatic carbocycles. The van der Waals surface area contributed by atoms with Crippen LogP contribution in [0.2, 0.25) is 0 Å². The molecule has 2 nitrogen and oxygen atoms in total. The molecule has 0 saturated heterocycles. The second kappa shape index (κ2) is 9.03. The van der Waals surface area contributed by atoms with Crippen molar-refractivity contribution in [1.29, 1.82) is 0 Å². The standard InChI is InChI=1S/C26H40O2/c1-6-20(4)28-17-19(3)24-13-14-25-21(8-7-15-26(24,25)5)10-11-22-16-23(27)12-9-18(22)2/h10-11,19,23-25,27H,2,4,6-9,12-17H2,1,3,5H3. The Morgan fingerprint density at radius 3 is 2.82 bits per heavy atom. The number of rotatable bonds is 6. The van der Waals surface area contributed by atoms with Gasteiger partial charge in [-0.1, -0.05) is 57.2 Å². The Morgan fingerprint density at radius 2 is 2.07 bits per heavy atom. The Morgan fingerprint density at radius 1 is 1.29 bits per heavy atom. The van der Waals surface area contributed by atoms with Gasteiger partial charge in [0.1, 0.15) is 0 Å². The van der Waals surface area contributed by atoms with Gasteiger partial charge in [0.25, 0.3) is 0 Å². The molecule has 0 heterocycles. The first kappa shape index (κ1) is 21.4. The monoisotopic (exact) mass is 384 g/mol. The van der Waals surface area contributed by atoms with Gasteiger partial charge in [-0.05, 0) is 80.1 Å². The Bertz CT molecular complexity index is 655. The van der Waals surface area contributed by atoms with E-state index < -0.39 is 0 Å². The van der Waals surface area contributed by atoms with Crippen LogP contribution >= 0.6 is 0 Å². The van der Waals surface area contributed by atoms with E-state index in [1.807, 2.05) is 0 Å². The molecule has 0 radical (unpaired) electrons. The summed E-state index contributed by atoms with van der Waals surface area (Å²) in [6.07, 6.45) is 14.4. The third-order valence-corrected chi connectivity index (χ3v) is 7.86. The van der Waals surface area contributed by atoms with Crippen molar-refractivity contribution in [2.45, 2.75) is 84.7 Å². The summed E-state index contributed by atoms with van der Waals surface area (Å²) in [5.41, 5.74) is 4.49. The molecule has 0 aliphatic heterocycles. The predicted octanol–water partition coefficient (Wildman–Crippen LogP) is 6.73. The van der Waals surface area contributed by atoms with Gasteiger partial charge in [0.2, 0.25) is 0 Å². The van der Waals surface area contributed by atoms with Gasteiger partial charge in [0, 0.05) is 6.42 Å². The van der Waals surface area contributed by atoms with Crippen molar-refractivity contribution in [1.82, 2.24) is 0 Å². The highest BCUT2D eigenvalue weighted by molar-refractivity contribution is 5.36. The summed E-state index contributed by atoms with van der Waals surface area (Å²) in [5.74, 6) is 2.91. The summed E-state index contributed by atoms with van der Waals surface area (Å²) in [7, 11) is 0. The van der Waals surface area contributed by atoms with E-state index in [4.69, 9.17) is 4.74 Å². The maximum Gasteiger partial charge on any atom is 0.0905 e. The Balaban J connectivity index is 1.72. The predicted molar refractivity (Wildman–Crippen MR) is 118 cm³/mol. The summed E-state index contributed by atoms with van der Waals surface area (Å²) in [4.78, 5) is 0. The van der Waals surface area contributed by atoms with Gasteiger partial charge in [0.05, 0.1) is 18.5 Å². The number of aliphatic hydroxyl groups is 1. The molecular formula is C26H40O2. The Kier molecular flexibility index (Phi) is 6.91. The number of hydrogen-bond donors (Lipinski definition) is 1. The van der Waals surface area contributed by atoms with Crippen LogP contribution in [-0.2, 0) is 4.74 Å². The van der Waals surface area contributed by atoms with Crippen molar-refractivity contribution in [2.75, 3.05) is 6.61 Å². The van der Waals surface area contributed by atoms with Crippen LogP contribution < -0.4 is 0 Å². The van der Waals surface area contributed by atoms with E-state index in [-0.39, 0.29) is 6.10 Å². The minimum absolute atomic E-state index is 0.193. The van der Waals surface area contributed by atoms with Crippen LogP contribution in [0.25, 0.3) is 0 Å². The summed E-state index contributed by atoms with van der Waals surface area (Å²) >= 11 is 0. The van der Waals surface area contributed by atoms with E-state index in [9.17, 15) is 5.11 Å². The topological polar surface area (TPSA) is 29.5 Å². The molecule has 3 rings (SSSR count). The van der Waals surface area contributed by atoms with Crippen molar-refractivity contribution in [2.24, 2.45) is 23.2 Å². The zero-order valence-corrected chi connectivity index (χ0v) is 18.3. The van der Waals surface area contributed by atoms with E-state index in [0.717, 1.165) is 44.0 Å². The van der Waals surface area contributed by atoms with Gasteiger partial charge in [-0.3, -0.25) is 0 Å². The molecule has 0 bridgehead atoms. The maximum atomic E-state index is 10.0. The minimum atomic E-state index is -0.193. The Labute approximate surface area is 172 Å². The molecule has 5 atom stereocenters. The summed E-state index contributed by atoms with van der Waals surface area (Å²) in [6, 6.07) is 0.